The molecule has 0 saturated heterocycles. The first kappa shape index (κ1) is 101. The predicted molar refractivity (Wildman–Crippen MR) is 421 cm³/mol. The third kappa shape index (κ3) is 81.1. The Kier molecular flexibility index (Phi) is 79.8. The van der Waals surface area contributed by atoms with E-state index in [9.17, 15) is 38.1 Å². The van der Waals surface area contributed by atoms with Crippen LogP contribution in [0.4, 0.5) is 0 Å². The number of allylic oxidation sites excluding steroid dienone is 8. The smallest absolute Gasteiger partial charge is 0.462 e. The lowest BCUT2D eigenvalue weighted by molar-refractivity contribution is -0.161. The van der Waals surface area contributed by atoms with E-state index in [0.29, 0.717) is 12.8 Å². The van der Waals surface area contributed by atoms with Gasteiger partial charge in [-0.1, -0.05) is 282 Å². The molecule has 0 rings (SSSR count). The van der Waals surface area contributed by atoms with Crippen LogP contribution in [0.5, 0.6) is 0 Å². The van der Waals surface area contributed by atoms with E-state index < -0.39 is 64.9 Å². The molecule has 20 heteroatoms. The average molecular weight is 1490 g/mol. The lowest BCUT2D eigenvalue weighted by Gasteiger charge is -2.19. The van der Waals surface area contributed by atoms with Gasteiger partial charge in [-0.2, -0.15) is 0 Å². The van der Waals surface area contributed by atoms with Crippen molar-refractivity contribution in [3.63, 3.8) is 0 Å². The molecule has 0 aliphatic rings. The molecule has 0 amide bonds. The summed E-state index contributed by atoms with van der Waals surface area (Å²) in [6.45, 7) is 7.41. The van der Waals surface area contributed by atoms with Crippen molar-refractivity contribution in [3.8, 4) is 0 Å². The highest BCUT2D eigenvalue weighted by molar-refractivity contribution is 7.47. The Balaban J connectivity index is 0. The van der Waals surface area contributed by atoms with Crippen molar-refractivity contribution in [2.24, 2.45) is 11.5 Å². The van der Waals surface area contributed by atoms with E-state index in [-0.39, 0.29) is 65.2 Å². The van der Waals surface area contributed by atoms with Crippen molar-refractivity contribution in [1.29, 1.82) is 0 Å². The molecule has 600 valence electrons. The van der Waals surface area contributed by atoms with Crippen LogP contribution in [0.2, 0.25) is 0 Å². The van der Waals surface area contributed by atoms with E-state index in [0.717, 1.165) is 141 Å². The summed E-state index contributed by atoms with van der Waals surface area (Å²) >= 11 is 0. The molecule has 0 aromatic rings. The topological polar surface area (TPSA) is 269 Å². The van der Waals surface area contributed by atoms with Gasteiger partial charge in [-0.05, 0) is 128 Å². The highest BCUT2D eigenvalue weighted by Crippen LogP contribution is 2.44. The number of ether oxygens (including phenoxy) is 4. The number of unbranched alkanes of at least 4 members (excludes halogenated alkanes) is 44. The Hall–Kier alpha value is -3.02. The standard InChI is InChI=1S/2C41H78NO8P/c2*1-3-5-7-9-11-13-15-17-19-21-23-25-27-29-31-33-40(43)47-37-39(38-49-51(45,46)48-36-35-42)50-41(44)34-32-30-28-26-24-22-20-18-16-14-12-10-8-6-4-2/h2*17-20,39H,3-16,21-38,42H2,1-2H3,(H,45,46)/b2*19-17-,20-18-/t2*39-/m11/s1. The van der Waals surface area contributed by atoms with Crippen LogP contribution < -0.4 is 11.5 Å². The second-order valence-electron chi connectivity index (χ2n) is 27.7. The van der Waals surface area contributed by atoms with Gasteiger partial charge in [0, 0.05) is 38.8 Å². The minimum absolute atomic E-state index is 0.0518. The van der Waals surface area contributed by atoms with Gasteiger partial charge < -0.3 is 40.2 Å². The Morgan fingerprint density at radius 2 is 0.480 bits per heavy atom. The third-order valence-corrected chi connectivity index (χ3v) is 19.6. The summed E-state index contributed by atoms with van der Waals surface area (Å²) in [4.78, 5) is 69.6. The van der Waals surface area contributed by atoms with Crippen LogP contribution in [0.1, 0.15) is 387 Å². The second kappa shape index (κ2) is 80.5. The summed E-state index contributed by atoms with van der Waals surface area (Å²) < 4.78 is 65.4. The SMILES string of the molecule is CCCCCCCC/C=C\CCCCCCCC(=O)OC[C@H](COP(=O)(O)OCCN)OC(=O)CCCCCCC/C=C\CCCCCCCC.CCCCCCCC/C=C\CCCCCCCC(=O)OC[C@H](COP(=O)(O)OCCN)OC(=O)CCCCCCC/C=C\CCCCCCCC. The van der Waals surface area contributed by atoms with Crippen LogP contribution in [-0.2, 0) is 65.4 Å². The lowest BCUT2D eigenvalue weighted by Crippen LogP contribution is -2.29. The van der Waals surface area contributed by atoms with Crippen LogP contribution >= 0.6 is 15.6 Å². The maximum Gasteiger partial charge on any atom is 0.472 e. The van der Waals surface area contributed by atoms with E-state index >= 15 is 0 Å². The molecule has 18 nitrogen and oxygen atoms in total. The largest absolute Gasteiger partial charge is 0.472 e. The van der Waals surface area contributed by atoms with E-state index in [1.54, 1.807) is 0 Å². The molecule has 6 N–H and O–H groups in total. The predicted octanol–water partition coefficient (Wildman–Crippen LogP) is 23.2. The lowest BCUT2D eigenvalue weighted by atomic mass is 10.1. The number of hydrogen-bond acceptors (Lipinski definition) is 16. The van der Waals surface area contributed by atoms with Crippen LogP contribution in [0, 0.1) is 0 Å². The number of carbonyl (C=O) groups excluding carboxylic acids is 4. The van der Waals surface area contributed by atoms with Crippen molar-refractivity contribution in [3.05, 3.63) is 48.6 Å². The highest BCUT2D eigenvalue weighted by Gasteiger charge is 2.28. The number of phosphoric acid groups is 2. The molecule has 2 unspecified atom stereocenters. The molecule has 0 aromatic carbocycles. The molecule has 0 aliphatic heterocycles. The third-order valence-electron chi connectivity index (χ3n) is 17.6. The number of hydrogen-bond donors (Lipinski definition) is 4. The Morgan fingerprint density at radius 1 is 0.284 bits per heavy atom. The Labute approximate surface area is 623 Å². The molecule has 0 bridgehead atoms. The maximum absolute atomic E-state index is 12.5. The van der Waals surface area contributed by atoms with Crippen molar-refractivity contribution in [2.75, 3.05) is 52.7 Å². The molecule has 0 fully saturated rings. The van der Waals surface area contributed by atoms with E-state index in [4.69, 9.17) is 48.5 Å². The van der Waals surface area contributed by atoms with Crippen LogP contribution in [0.25, 0.3) is 0 Å². The summed E-state index contributed by atoms with van der Waals surface area (Å²) in [7, 11) is -8.75. The van der Waals surface area contributed by atoms with Gasteiger partial charge in [-0.3, -0.25) is 37.3 Å². The van der Waals surface area contributed by atoms with Gasteiger partial charge in [-0.25, -0.2) is 9.13 Å². The maximum atomic E-state index is 12.5. The van der Waals surface area contributed by atoms with Crippen molar-refractivity contribution < 1.29 is 75.1 Å². The van der Waals surface area contributed by atoms with Gasteiger partial charge in [0.1, 0.15) is 13.2 Å². The van der Waals surface area contributed by atoms with Crippen molar-refractivity contribution >= 4 is 39.5 Å². The summed E-state index contributed by atoms with van der Waals surface area (Å²) in [5.41, 5.74) is 10.7. The van der Waals surface area contributed by atoms with Crippen molar-refractivity contribution in [2.45, 2.75) is 399 Å². The van der Waals surface area contributed by atoms with E-state index in [2.05, 4.69) is 76.3 Å². The number of phosphoric ester groups is 2. The average Bonchev–Trinajstić information content (AvgIpc) is 0.947. The molecule has 0 aliphatic carbocycles. The zero-order valence-corrected chi connectivity index (χ0v) is 67.5. The van der Waals surface area contributed by atoms with Crippen molar-refractivity contribution in [1.82, 2.24) is 0 Å². The Morgan fingerprint density at radius 3 is 0.696 bits per heavy atom. The summed E-state index contributed by atoms with van der Waals surface area (Å²) in [6, 6.07) is 0. The zero-order chi connectivity index (χ0) is 75.0. The quantitative estimate of drug-likeness (QED) is 0.0145. The first-order chi connectivity index (χ1) is 49.7. The summed E-state index contributed by atoms with van der Waals surface area (Å²) in [5, 5.41) is 0. The van der Waals surface area contributed by atoms with E-state index in [1.807, 2.05) is 0 Å². The number of carbonyl (C=O) groups is 4. The number of rotatable bonds is 78. The van der Waals surface area contributed by atoms with E-state index in [1.165, 1.54) is 180 Å². The molecule has 0 radical (unpaired) electrons. The molecule has 0 aromatic heterocycles. The molecule has 4 atom stereocenters. The van der Waals surface area contributed by atoms with Crippen LogP contribution in [0.15, 0.2) is 48.6 Å². The summed E-state index contributed by atoms with van der Waals surface area (Å²) in [6.07, 6.45) is 78.3. The normalized spacial score (nSPS) is 13.6. The highest BCUT2D eigenvalue weighted by atomic mass is 31.2. The first-order valence-corrected chi connectivity index (χ1v) is 44.6. The minimum Gasteiger partial charge on any atom is -0.462 e. The van der Waals surface area contributed by atoms with Gasteiger partial charge >= 0.3 is 39.5 Å². The van der Waals surface area contributed by atoms with Crippen LogP contribution in [-0.4, -0.2) is 98.6 Å². The van der Waals surface area contributed by atoms with Gasteiger partial charge in [0.15, 0.2) is 12.2 Å². The fourth-order valence-corrected chi connectivity index (χ4v) is 12.9. The second-order valence-corrected chi connectivity index (χ2v) is 30.6. The van der Waals surface area contributed by atoms with Gasteiger partial charge in [-0.15, -0.1) is 0 Å². The molecular formula is C82H156N2O16P2. The Bertz CT molecular complexity index is 1940. The van der Waals surface area contributed by atoms with Gasteiger partial charge in [0.25, 0.3) is 0 Å². The summed E-state index contributed by atoms with van der Waals surface area (Å²) in [5.74, 6) is -1.69. The fourth-order valence-electron chi connectivity index (χ4n) is 11.4. The number of nitrogens with two attached hydrogens (primary N) is 2. The molecular weight excluding hydrogens is 1330 g/mol. The molecule has 0 heterocycles. The number of esters is 4. The fraction of sp³-hybridized carbons (Fsp3) is 0.854. The molecule has 102 heavy (non-hydrogen) atoms. The minimum atomic E-state index is -4.37. The monoisotopic (exact) mass is 1490 g/mol. The first-order valence-electron chi connectivity index (χ1n) is 41.6. The molecule has 0 spiro atoms. The van der Waals surface area contributed by atoms with Crippen LogP contribution in [0.3, 0.4) is 0 Å². The zero-order valence-electron chi connectivity index (χ0n) is 65.7. The van der Waals surface area contributed by atoms with Gasteiger partial charge in [0.05, 0.1) is 26.4 Å². The van der Waals surface area contributed by atoms with Gasteiger partial charge in [0.2, 0.25) is 0 Å². The molecule has 0 saturated carbocycles.